The quantitative estimate of drug-likeness (QED) is 0.779. The highest BCUT2D eigenvalue weighted by Crippen LogP contribution is 2.47. The highest BCUT2D eigenvalue weighted by molar-refractivity contribution is 7.86. The number of hydrogen-bond acceptors (Lipinski definition) is 3. The normalized spacial score (nSPS) is 28.1. The molecule has 2 atom stereocenters. The lowest BCUT2D eigenvalue weighted by atomic mass is 10.2. The average Bonchev–Trinajstić information content (AvgIpc) is 2.86. The largest absolute Gasteiger partial charge is 0.297 e. The monoisotopic (exact) mass is 258 g/mol. The molecule has 17 heavy (non-hydrogen) atoms. The van der Waals surface area contributed by atoms with Crippen LogP contribution in [0.15, 0.2) is 29.2 Å². The molecule has 1 aliphatic rings. The molecule has 5 heteroatoms. The molecule has 0 saturated heterocycles. The maximum absolute atomic E-state index is 13.6. The van der Waals surface area contributed by atoms with Gasteiger partial charge in [0.2, 0.25) is 0 Å². The molecule has 0 aliphatic heterocycles. The maximum atomic E-state index is 13.6. The Hall–Kier alpha value is -0.940. The third-order valence-electron chi connectivity index (χ3n) is 3.13. The van der Waals surface area contributed by atoms with E-state index in [1.165, 1.54) is 12.1 Å². The summed E-state index contributed by atoms with van der Waals surface area (Å²) in [5.41, 5.74) is -0.501. The molecule has 1 fully saturated rings. The molecule has 0 bridgehead atoms. The summed E-state index contributed by atoms with van der Waals surface area (Å²) in [6, 6.07) is 6.29. The van der Waals surface area contributed by atoms with Crippen LogP contribution in [-0.4, -0.2) is 20.7 Å². The van der Waals surface area contributed by atoms with Crippen LogP contribution in [0.2, 0.25) is 0 Å². The smallest absolute Gasteiger partial charge is 0.263 e. The molecule has 0 unspecified atom stereocenters. The minimum absolute atomic E-state index is 0.0694. The van der Waals surface area contributed by atoms with E-state index in [0.29, 0.717) is 6.42 Å². The number of halogens is 1. The summed E-state index contributed by atoms with van der Waals surface area (Å²) in [4.78, 5) is 0.0694. The summed E-state index contributed by atoms with van der Waals surface area (Å²) in [5.74, 6) is -0.115. The van der Waals surface area contributed by atoms with E-state index in [9.17, 15) is 12.8 Å². The number of aryl methyl sites for hydroxylation is 1. The van der Waals surface area contributed by atoms with Crippen molar-refractivity contribution in [3.05, 3.63) is 29.8 Å². The Kier molecular flexibility index (Phi) is 2.99. The molecule has 1 aromatic rings. The first-order valence-electron chi connectivity index (χ1n) is 5.48. The molecule has 94 valence electrons. The number of benzene rings is 1. The van der Waals surface area contributed by atoms with Crippen LogP contribution < -0.4 is 0 Å². The van der Waals surface area contributed by atoms with E-state index in [2.05, 4.69) is 0 Å². The van der Waals surface area contributed by atoms with Crippen LogP contribution in [0, 0.1) is 12.8 Å². The standard InChI is InChI=1S/C12H15FO3S/c1-9-3-5-11(6-4-9)17(14,15)16-8-12(13)7-10(12)2/h3-6,10H,7-8H2,1-2H3/t10-,12-/m1/s1. The summed E-state index contributed by atoms with van der Waals surface area (Å²) < 4.78 is 41.8. The van der Waals surface area contributed by atoms with Crippen molar-refractivity contribution in [3.8, 4) is 0 Å². The highest BCUT2D eigenvalue weighted by atomic mass is 32.2. The molecule has 3 nitrogen and oxygen atoms in total. The fourth-order valence-corrected chi connectivity index (χ4v) is 2.56. The van der Waals surface area contributed by atoms with Crippen molar-refractivity contribution in [1.82, 2.24) is 0 Å². The van der Waals surface area contributed by atoms with Gasteiger partial charge in [-0.15, -0.1) is 0 Å². The molecule has 0 N–H and O–H groups in total. The minimum Gasteiger partial charge on any atom is -0.263 e. The van der Waals surface area contributed by atoms with Crippen molar-refractivity contribution in [3.63, 3.8) is 0 Å². The third kappa shape index (κ3) is 2.66. The first-order chi connectivity index (χ1) is 7.83. The van der Waals surface area contributed by atoms with Crippen molar-refractivity contribution in [1.29, 1.82) is 0 Å². The van der Waals surface area contributed by atoms with Gasteiger partial charge in [-0.3, -0.25) is 4.18 Å². The van der Waals surface area contributed by atoms with Gasteiger partial charge in [-0.25, -0.2) is 4.39 Å². The first kappa shape index (κ1) is 12.5. The lowest BCUT2D eigenvalue weighted by Gasteiger charge is -2.08. The van der Waals surface area contributed by atoms with Crippen molar-refractivity contribution in [2.45, 2.75) is 30.8 Å². The van der Waals surface area contributed by atoms with E-state index < -0.39 is 15.8 Å². The van der Waals surface area contributed by atoms with Gasteiger partial charge in [0, 0.05) is 0 Å². The molecule has 0 heterocycles. The van der Waals surface area contributed by atoms with Gasteiger partial charge in [0.15, 0.2) is 0 Å². The molecule has 1 saturated carbocycles. The van der Waals surface area contributed by atoms with E-state index in [1.807, 2.05) is 6.92 Å². The molecule has 1 aliphatic carbocycles. The van der Waals surface area contributed by atoms with Gasteiger partial charge >= 0.3 is 0 Å². The van der Waals surface area contributed by atoms with Gasteiger partial charge in [0.05, 0.1) is 4.90 Å². The van der Waals surface area contributed by atoms with Gasteiger partial charge in [-0.1, -0.05) is 24.6 Å². The second kappa shape index (κ2) is 4.07. The van der Waals surface area contributed by atoms with Crippen molar-refractivity contribution < 1.29 is 17.0 Å². The highest BCUT2D eigenvalue weighted by Gasteiger charge is 2.53. The Morgan fingerprint density at radius 3 is 2.41 bits per heavy atom. The fraction of sp³-hybridized carbons (Fsp3) is 0.500. The second-order valence-corrected chi connectivity index (χ2v) is 6.28. The van der Waals surface area contributed by atoms with E-state index in [1.54, 1.807) is 19.1 Å². The molecular weight excluding hydrogens is 243 g/mol. The lowest BCUT2D eigenvalue weighted by Crippen LogP contribution is -2.18. The van der Waals surface area contributed by atoms with Crippen LogP contribution in [0.1, 0.15) is 18.9 Å². The Morgan fingerprint density at radius 1 is 1.41 bits per heavy atom. The zero-order valence-corrected chi connectivity index (χ0v) is 10.6. The van der Waals surface area contributed by atoms with E-state index in [0.717, 1.165) is 5.56 Å². The Labute approximate surface area is 101 Å². The SMILES string of the molecule is Cc1ccc(S(=O)(=O)OC[C@]2(F)C[C@H]2C)cc1. The Bertz CT molecular complexity index is 509. The summed E-state index contributed by atoms with van der Waals surface area (Å²) >= 11 is 0. The molecule has 0 amide bonds. The number of rotatable bonds is 4. The van der Waals surface area contributed by atoms with Crippen LogP contribution >= 0.6 is 0 Å². The van der Waals surface area contributed by atoms with Crippen LogP contribution in [0.5, 0.6) is 0 Å². The Morgan fingerprint density at radius 2 is 1.94 bits per heavy atom. The van der Waals surface area contributed by atoms with E-state index in [-0.39, 0.29) is 17.4 Å². The number of alkyl halides is 1. The molecule has 0 radical (unpaired) electrons. The van der Waals surface area contributed by atoms with Crippen LogP contribution in [-0.2, 0) is 14.3 Å². The zero-order chi connectivity index (χ0) is 12.7. The van der Waals surface area contributed by atoms with Gasteiger partial charge in [-0.2, -0.15) is 8.42 Å². The number of hydrogen-bond donors (Lipinski definition) is 0. The molecule has 0 spiro atoms. The zero-order valence-electron chi connectivity index (χ0n) is 9.81. The molecular formula is C12H15FO3S. The Balaban J connectivity index is 2.06. The molecule has 2 rings (SSSR count). The van der Waals surface area contributed by atoms with Gasteiger partial charge in [-0.05, 0) is 31.4 Å². The topological polar surface area (TPSA) is 43.4 Å². The molecule has 1 aromatic carbocycles. The van der Waals surface area contributed by atoms with Crippen molar-refractivity contribution in [2.75, 3.05) is 6.61 Å². The van der Waals surface area contributed by atoms with Crippen LogP contribution in [0.3, 0.4) is 0 Å². The van der Waals surface area contributed by atoms with Crippen molar-refractivity contribution in [2.24, 2.45) is 5.92 Å². The fourth-order valence-electron chi connectivity index (χ4n) is 1.60. The lowest BCUT2D eigenvalue weighted by molar-refractivity contribution is 0.169. The average molecular weight is 258 g/mol. The van der Waals surface area contributed by atoms with Crippen LogP contribution in [0.4, 0.5) is 4.39 Å². The minimum atomic E-state index is -3.83. The summed E-state index contributed by atoms with van der Waals surface area (Å²) in [6.07, 6.45) is 0.371. The van der Waals surface area contributed by atoms with E-state index in [4.69, 9.17) is 4.18 Å². The molecule has 0 aromatic heterocycles. The summed E-state index contributed by atoms with van der Waals surface area (Å²) in [5, 5.41) is 0. The predicted octanol–water partition coefficient (Wildman–Crippen LogP) is 2.45. The summed E-state index contributed by atoms with van der Waals surface area (Å²) in [7, 11) is -3.83. The second-order valence-electron chi connectivity index (χ2n) is 4.67. The maximum Gasteiger partial charge on any atom is 0.297 e. The van der Waals surface area contributed by atoms with Gasteiger partial charge in [0.25, 0.3) is 10.1 Å². The van der Waals surface area contributed by atoms with Crippen molar-refractivity contribution >= 4 is 10.1 Å². The first-order valence-corrected chi connectivity index (χ1v) is 6.89. The van der Waals surface area contributed by atoms with Crippen LogP contribution in [0.25, 0.3) is 0 Å². The van der Waals surface area contributed by atoms with Gasteiger partial charge < -0.3 is 0 Å². The predicted molar refractivity (Wildman–Crippen MR) is 61.9 cm³/mol. The summed E-state index contributed by atoms with van der Waals surface area (Å²) in [6.45, 7) is 3.21. The van der Waals surface area contributed by atoms with E-state index >= 15 is 0 Å². The third-order valence-corrected chi connectivity index (χ3v) is 4.41. The van der Waals surface area contributed by atoms with Gasteiger partial charge in [0.1, 0.15) is 12.3 Å².